The number of carbonyl (C=O) groups excluding carboxylic acids is 1. The van der Waals surface area contributed by atoms with Crippen LogP contribution < -0.4 is 20.7 Å². The first-order valence-electron chi connectivity index (χ1n) is 10.8. The van der Waals surface area contributed by atoms with Crippen LogP contribution in [0.3, 0.4) is 0 Å². The predicted octanol–water partition coefficient (Wildman–Crippen LogP) is 2.82. The first kappa shape index (κ1) is 27.4. The summed E-state index contributed by atoms with van der Waals surface area (Å²) in [5.41, 5.74) is 0. The number of guanidine groups is 1. The molecule has 1 aliphatic rings. The van der Waals surface area contributed by atoms with Crippen LogP contribution in [0.5, 0.6) is 5.75 Å². The summed E-state index contributed by atoms with van der Waals surface area (Å²) < 4.78 is 18.4. The Labute approximate surface area is 201 Å². The van der Waals surface area contributed by atoms with Gasteiger partial charge < -0.3 is 25.8 Å². The van der Waals surface area contributed by atoms with Crippen LogP contribution in [0.25, 0.3) is 0 Å². The molecule has 1 saturated carbocycles. The van der Waals surface area contributed by atoms with Crippen molar-refractivity contribution in [3.63, 3.8) is 0 Å². The average Bonchev–Trinajstić information content (AvgIpc) is 2.71. The SMILES string of the molecule is CCNC(=NCC(O)COc1ccc(F)cc1)NC1CCCC(C(=O)NC(C)C)C1.I. The van der Waals surface area contributed by atoms with Gasteiger partial charge in [-0.05, 0) is 64.3 Å². The van der Waals surface area contributed by atoms with E-state index in [0.29, 0.717) is 18.3 Å². The van der Waals surface area contributed by atoms with E-state index in [1.807, 2.05) is 20.8 Å². The molecule has 9 heteroatoms. The standard InChI is InChI=1S/C22H35FN4O3.HI/c1-4-24-22(25-13-19(28)14-30-20-10-8-17(23)9-11-20)27-18-7-5-6-16(12-18)21(29)26-15(2)3;/h8-11,15-16,18-19,28H,4-7,12-14H2,1-3H3,(H,26,29)(H2,24,25,27);1H. The van der Waals surface area contributed by atoms with Gasteiger partial charge in [-0.1, -0.05) is 6.42 Å². The molecule has 1 aromatic carbocycles. The fourth-order valence-electron chi connectivity index (χ4n) is 3.45. The fourth-order valence-corrected chi connectivity index (χ4v) is 3.45. The minimum absolute atomic E-state index is 0. The highest BCUT2D eigenvalue weighted by atomic mass is 127. The average molecular weight is 550 g/mol. The maximum atomic E-state index is 12.9. The molecule has 1 aromatic rings. The van der Waals surface area contributed by atoms with Crippen LogP contribution in [0.2, 0.25) is 0 Å². The molecule has 0 spiro atoms. The van der Waals surface area contributed by atoms with E-state index in [1.54, 1.807) is 0 Å². The third-order valence-electron chi connectivity index (χ3n) is 4.88. The first-order chi connectivity index (χ1) is 14.4. The summed E-state index contributed by atoms with van der Waals surface area (Å²) in [6.45, 7) is 6.84. The molecule has 0 aromatic heterocycles. The topological polar surface area (TPSA) is 95.0 Å². The van der Waals surface area contributed by atoms with E-state index in [2.05, 4.69) is 20.9 Å². The minimum Gasteiger partial charge on any atom is -0.491 e. The molecule has 0 radical (unpaired) electrons. The lowest BCUT2D eigenvalue weighted by Crippen LogP contribution is -2.47. The fraction of sp³-hybridized carbons (Fsp3) is 0.636. The highest BCUT2D eigenvalue weighted by molar-refractivity contribution is 14.0. The molecule has 7 nitrogen and oxygen atoms in total. The van der Waals surface area contributed by atoms with Crippen LogP contribution in [0.15, 0.2) is 29.3 Å². The summed E-state index contributed by atoms with van der Waals surface area (Å²) in [5, 5.41) is 19.8. The number of benzene rings is 1. The molecule has 4 N–H and O–H groups in total. The number of amides is 1. The number of nitrogens with one attached hydrogen (secondary N) is 3. The number of halogens is 2. The molecular formula is C22H36FIN4O3. The molecule has 0 bridgehead atoms. The van der Waals surface area contributed by atoms with Crippen LogP contribution >= 0.6 is 24.0 Å². The van der Waals surface area contributed by atoms with E-state index in [-0.39, 0.29) is 66.9 Å². The number of aliphatic hydroxyl groups excluding tert-OH is 1. The van der Waals surface area contributed by atoms with Gasteiger partial charge in [0.1, 0.15) is 24.3 Å². The Hall–Kier alpha value is -1.62. The maximum absolute atomic E-state index is 12.9. The van der Waals surface area contributed by atoms with Crippen LogP contribution in [0.1, 0.15) is 46.5 Å². The number of rotatable bonds is 9. The normalized spacial score (nSPS) is 19.9. The van der Waals surface area contributed by atoms with Crippen molar-refractivity contribution >= 4 is 35.8 Å². The monoisotopic (exact) mass is 550 g/mol. The van der Waals surface area contributed by atoms with Crippen LogP contribution in [0, 0.1) is 11.7 Å². The van der Waals surface area contributed by atoms with E-state index in [4.69, 9.17) is 4.74 Å². The molecule has 31 heavy (non-hydrogen) atoms. The van der Waals surface area contributed by atoms with Gasteiger partial charge >= 0.3 is 0 Å². The molecule has 0 aliphatic heterocycles. The van der Waals surface area contributed by atoms with Crippen molar-refractivity contribution in [2.45, 2.75) is 64.6 Å². The van der Waals surface area contributed by atoms with E-state index in [0.717, 1.165) is 25.7 Å². The van der Waals surface area contributed by atoms with Crippen LogP contribution in [-0.4, -0.2) is 54.9 Å². The van der Waals surface area contributed by atoms with Crippen LogP contribution in [0.4, 0.5) is 4.39 Å². The quantitative estimate of drug-likeness (QED) is 0.216. The minimum atomic E-state index is -0.790. The number of aliphatic hydroxyl groups is 1. The molecule has 1 amide bonds. The molecule has 176 valence electrons. The highest BCUT2D eigenvalue weighted by Crippen LogP contribution is 2.24. The summed E-state index contributed by atoms with van der Waals surface area (Å²) in [5.74, 6) is 0.911. The lowest BCUT2D eigenvalue weighted by Gasteiger charge is -2.30. The van der Waals surface area contributed by atoms with Gasteiger partial charge in [0.25, 0.3) is 0 Å². The molecule has 3 atom stereocenters. The van der Waals surface area contributed by atoms with Crippen molar-refractivity contribution in [2.75, 3.05) is 19.7 Å². The van der Waals surface area contributed by atoms with E-state index in [1.165, 1.54) is 24.3 Å². The smallest absolute Gasteiger partial charge is 0.223 e. The number of aliphatic imine (C=N–C) groups is 1. The van der Waals surface area contributed by atoms with Gasteiger partial charge in [-0.3, -0.25) is 9.79 Å². The summed E-state index contributed by atoms with van der Waals surface area (Å²) in [6.07, 6.45) is 2.85. The van der Waals surface area contributed by atoms with Gasteiger partial charge in [0.2, 0.25) is 5.91 Å². The third-order valence-corrected chi connectivity index (χ3v) is 4.88. The van der Waals surface area contributed by atoms with Gasteiger partial charge in [0.15, 0.2) is 5.96 Å². The Kier molecular flexibility index (Phi) is 12.8. The van der Waals surface area contributed by atoms with Crippen molar-refractivity contribution in [3.8, 4) is 5.75 Å². The van der Waals surface area contributed by atoms with Crippen molar-refractivity contribution in [2.24, 2.45) is 10.9 Å². The second-order valence-corrected chi connectivity index (χ2v) is 8.01. The van der Waals surface area contributed by atoms with Crippen molar-refractivity contribution in [1.29, 1.82) is 0 Å². The number of hydrogen-bond acceptors (Lipinski definition) is 4. The molecular weight excluding hydrogens is 514 g/mol. The largest absolute Gasteiger partial charge is 0.491 e. The Morgan fingerprint density at radius 2 is 2.00 bits per heavy atom. The summed E-state index contributed by atoms with van der Waals surface area (Å²) in [4.78, 5) is 16.8. The number of hydrogen-bond donors (Lipinski definition) is 4. The van der Waals surface area contributed by atoms with Gasteiger partial charge in [-0.15, -0.1) is 24.0 Å². The maximum Gasteiger partial charge on any atom is 0.223 e. The highest BCUT2D eigenvalue weighted by Gasteiger charge is 2.28. The van der Waals surface area contributed by atoms with E-state index in [9.17, 15) is 14.3 Å². The first-order valence-corrected chi connectivity index (χ1v) is 10.8. The summed E-state index contributed by atoms with van der Waals surface area (Å²) >= 11 is 0. The third kappa shape index (κ3) is 10.5. The van der Waals surface area contributed by atoms with Crippen molar-refractivity contribution in [1.82, 2.24) is 16.0 Å². The van der Waals surface area contributed by atoms with E-state index < -0.39 is 6.10 Å². The molecule has 1 aliphatic carbocycles. The molecule has 1 fully saturated rings. The van der Waals surface area contributed by atoms with Gasteiger partial charge in [-0.25, -0.2) is 4.39 Å². The summed E-state index contributed by atoms with van der Waals surface area (Å²) in [6, 6.07) is 5.96. The number of ether oxygens (including phenoxy) is 1. The Bertz CT molecular complexity index is 688. The van der Waals surface area contributed by atoms with Crippen LogP contribution in [-0.2, 0) is 4.79 Å². The zero-order valence-electron chi connectivity index (χ0n) is 18.6. The lowest BCUT2D eigenvalue weighted by atomic mass is 9.85. The zero-order chi connectivity index (χ0) is 21.9. The molecule has 2 rings (SSSR count). The summed E-state index contributed by atoms with van der Waals surface area (Å²) in [7, 11) is 0. The van der Waals surface area contributed by atoms with Crippen molar-refractivity contribution < 1.29 is 19.0 Å². The second-order valence-electron chi connectivity index (χ2n) is 8.01. The van der Waals surface area contributed by atoms with Gasteiger partial charge in [0, 0.05) is 24.5 Å². The van der Waals surface area contributed by atoms with Gasteiger partial charge in [-0.2, -0.15) is 0 Å². The predicted molar refractivity (Wildman–Crippen MR) is 131 cm³/mol. The number of carbonyl (C=O) groups is 1. The van der Waals surface area contributed by atoms with E-state index >= 15 is 0 Å². The molecule has 3 unspecified atom stereocenters. The zero-order valence-corrected chi connectivity index (χ0v) is 20.9. The molecule has 0 saturated heterocycles. The lowest BCUT2D eigenvalue weighted by molar-refractivity contribution is -0.126. The Morgan fingerprint density at radius 3 is 2.65 bits per heavy atom. The molecule has 0 heterocycles. The Balaban J connectivity index is 0.00000480. The second kappa shape index (κ2) is 14.4. The Morgan fingerprint density at radius 1 is 1.29 bits per heavy atom. The number of nitrogens with zero attached hydrogens (tertiary/aromatic N) is 1. The van der Waals surface area contributed by atoms with Crippen molar-refractivity contribution in [3.05, 3.63) is 30.1 Å². The van der Waals surface area contributed by atoms with Gasteiger partial charge in [0.05, 0.1) is 6.54 Å².